The van der Waals surface area contributed by atoms with E-state index < -0.39 is 10.0 Å². The van der Waals surface area contributed by atoms with Crippen molar-refractivity contribution in [3.8, 4) is 11.4 Å². The molecule has 0 aliphatic rings. The third kappa shape index (κ3) is 2.52. The highest BCUT2D eigenvalue weighted by molar-refractivity contribution is 7.89. The fourth-order valence-electron chi connectivity index (χ4n) is 2.05. The third-order valence-corrected chi connectivity index (χ3v) is 3.72. The molecule has 1 aromatic heterocycles. The largest absolute Gasteiger partial charge is 0.297 e. The Hall–Kier alpha value is -1.73. The minimum Gasteiger partial charge on any atom is -0.297 e. The molecule has 0 amide bonds. The molecule has 1 aromatic carbocycles. The van der Waals surface area contributed by atoms with Gasteiger partial charge in [0.2, 0.25) is 0 Å². The van der Waals surface area contributed by atoms with E-state index in [0.717, 1.165) is 16.7 Å². The zero-order chi connectivity index (χ0) is 14.2. The molecule has 0 saturated carbocycles. The molecule has 0 bridgehead atoms. The molecule has 6 nitrogen and oxygen atoms in total. The Bertz CT molecular complexity index is 719. The van der Waals surface area contributed by atoms with Gasteiger partial charge in [0.05, 0.1) is 0 Å². The van der Waals surface area contributed by atoms with Crippen LogP contribution < -0.4 is 5.14 Å². The summed E-state index contributed by atoms with van der Waals surface area (Å²) in [5.41, 5.74) is 3.01. The summed E-state index contributed by atoms with van der Waals surface area (Å²) in [5, 5.41) is 12.6. The predicted molar refractivity (Wildman–Crippen MR) is 72.0 cm³/mol. The van der Waals surface area contributed by atoms with E-state index in [1.165, 1.54) is 4.57 Å². The van der Waals surface area contributed by atoms with E-state index in [4.69, 9.17) is 5.14 Å². The van der Waals surface area contributed by atoms with Crippen molar-refractivity contribution >= 4 is 10.0 Å². The molecule has 0 aliphatic carbocycles. The summed E-state index contributed by atoms with van der Waals surface area (Å²) in [5.74, 6) is 0.518. The molecule has 102 valence electrons. The van der Waals surface area contributed by atoms with Crippen molar-refractivity contribution in [1.82, 2.24) is 14.8 Å². The van der Waals surface area contributed by atoms with Crippen LogP contribution in [-0.2, 0) is 16.6 Å². The molecule has 0 radical (unpaired) electrons. The first-order chi connectivity index (χ1) is 8.84. The van der Waals surface area contributed by atoms with Crippen LogP contribution in [0.4, 0.5) is 0 Å². The molecule has 0 atom stereocenters. The van der Waals surface area contributed by atoms with Crippen LogP contribution in [0.5, 0.6) is 0 Å². The standard InChI is InChI=1S/C12H16N4O2S/c1-4-16-11(14-15-12(16)19(13,17)18)10-6-5-8(2)7-9(10)3/h5-7H,4H2,1-3H3,(H2,13,17,18). The second-order valence-corrected chi connectivity index (χ2v) is 5.87. The number of aryl methyl sites for hydroxylation is 2. The number of hydrogen-bond donors (Lipinski definition) is 1. The number of rotatable bonds is 3. The van der Waals surface area contributed by atoms with E-state index in [2.05, 4.69) is 10.2 Å². The summed E-state index contributed by atoms with van der Waals surface area (Å²) in [4.78, 5) is 0. The molecule has 2 N–H and O–H groups in total. The third-order valence-electron chi connectivity index (χ3n) is 2.91. The Kier molecular flexibility index (Phi) is 3.42. The zero-order valence-electron chi connectivity index (χ0n) is 11.1. The second-order valence-electron chi connectivity index (χ2n) is 4.41. The fourth-order valence-corrected chi connectivity index (χ4v) is 2.73. The number of primary sulfonamides is 1. The normalized spacial score (nSPS) is 11.8. The molecule has 0 unspecified atom stereocenters. The van der Waals surface area contributed by atoms with Gasteiger partial charge in [0.25, 0.3) is 15.2 Å². The van der Waals surface area contributed by atoms with Crippen LogP contribution in [0.15, 0.2) is 23.4 Å². The number of nitrogens with zero attached hydrogens (tertiary/aromatic N) is 3. The van der Waals surface area contributed by atoms with E-state index in [1.807, 2.05) is 39.0 Å². The molecule has 2 aromatic rings. The van der Waals surface area contributed by atoms with Gasteiger partial charge in [-0.15, -0.1) is 10.2 Å². The monoisotopic (exact) mass is 280 g/mol. The van der Waals surface area contributed by atoms with Crippen molar-refractivity contribution in [3.63, 3.8) is 0 Å². The van der Waals surface area contributed by atoms with Gasteiger partial charge in [-0.1, -0.05) is 23.8 Å². The van der Waals surface area contributed by atoms with E-state index in [0.29, 0.717) is 12.4 Å². The summed E-state index contributed by atoms with van der Waals surface area (Å²) in [7, 11) is -3.86. The van der Waals surface area contributed by atoms with Crippen LogP contribution in [-0.4, -0.2) is 23.2 Å². The van der Waals surface area contributed by atoms with Crippen molar-refractivity contribution in [2.45, 2.75) is 32.5 Å². The molecule has 7 heteroatoms. The van der Waals surface area contributed by atoms with Crippen LogP contribution in [0.2, 0.25) is 0 Å². The lowest BCUT2D eigenvalue weighted by molar-refractivity contribution is 0.571. The highest BCUT2D eigenvalue weighted by Crippen LogP contribution is 2.24. The number of aromatic nitrogens is 3. The van der Waals surface area contributed by atoms with E-state index >= 15 is 0 Å². The average molecular weight is 280 g/mol. The van der Waals surface area contributed by atoms with Crippen molar-refractivity contribution < 1.29 is 8.42 Å². The van der Waals surface area contributed by atoms with Gasteiger partial charge in [-0.2, -0.15) is 0 Å². The Morgan fingerprint density at radius 2 is 1.95 bits per heavy atom. The Morgan fingerprint density at radius 3 is 2.47 bits per heavy atom. The zero-order valence-corrected chi connectivity index (χ0v) is 11.9. The van der Waals surface area contributed by atoms with Crippen LogP contribution >= 0.6 is 0 Å². The number of benzene rings is 1. The van der Waals surface area contributed by atoms with Gasteiger partial charge in [-0.05, 0) is 26.3 Å². The fraction of sp³-hybridized carbons (Fsp3) is 0.333. The molecular weight excluding hydrogens is 264 g/mol. The van der Waals surface area contributed by atoms with Crippen LogP contribution in [0.25, 0.3) is 11.4 Å². The molecule has 1 heterocycles. The van der Waals surface area contributed by atoms with E-state index in [9.17, 15) is 8.42 Å². The maximum Gasteiger partial charge on any atom is 0.273 e. The number of sulfonamides is 1. The lowest BCUT2D eigenvalue weighted by atomic mass is 10.1. The molecular formula is C12H16N4O2S. The SMILES string of the molecule is CCn1c(-c2ccc(C)cc2C)nnc1S(N)(=O)=O. The molecule has 0 aliphatic heterocycles. The van der Waals surface area contributed by atoms with Crippen molar-refractivity contribution in [3.05, 3.63) is 29.3 Å². The van der Waals surface area contributed by atoms with Crippen LogP contribution in [0.3, 0.4) is 0 Å². The molecule has 19 heavy (non-hydrogen) atoms. The minimum atomic E-state index is -3.86. The first-order valence-electron chi connectivity index (χ1n) is 5.88. The summed E-state index contributed by atoms with van der Waals surface area (Å²) in [6.07, 6.45) is 0. The van der Waals surface area contributed by atoms with Gasteiger partial charge in [0.1, 0.15) is 0 Å². The minimum absolute atomic E-state index is 0.204. The Labute approximate surface area is 112 Å². The van der Waals surface area contributed by atoms with Gasteiger partial charge in [0, 0.05) is 12.1 Å². The molecule has 2 rings (SSSR count). The van der Waals surface area contributed by atoms with E-state index in [-0.39, 0.29) is 5.16 Å². The van der Waals surface area contributed by atoms with Gasteiger partial charge in [-0.3, -0.25) is 4.57 Å². The first-order valence-corrected chi connectivity index (χ1v) is 7.43. The maximum absolute atomic E-state index is 11.5. The van der Waals surface area contributed by atoms with Crippen LogP contribution in [0, 0.1) is 13.8 Å². The topological polar surface area (TPSA) is 90.9 Å². The second kappa shape index (κ2) is 4.75. The van der Waals surface area contributed by atoms with Gasteiger partial charge < -0.3 is 0 Å². The molecule has 0 saturated heterocycles. The lowest BCUT2D eigenvalue weighted by Gasteiger charge is -2.09. The van der Waals surface area contributed by atoms with Gasteiger partial charge in [0.15, 0.2) is 5.82 Å². The Morgan fingerprint density at radius 1 is 1.26 bits per heavy atom. The summed E-state index contributed by atoms with van der Waals surface area (Å²) in [6.45, 7) is 6.21. The molecule has 0 fully saturated rings. The Balaban J connectivity index is 2.67. The van der Waals surface area contributed by atoms with Crippen molar-refractivity contribution in [2.75, 3.05) is 0 Å². The van der Waals surface area contributed by atoms with Crippen LogP contribution in [0.1, 0.15) is 18.1 Å². The lowest BCUT2D eigenvalue weighted by Crippen LogP contribution is -2.18. The predicted octanol–water partition coefficient (Wildman–Crippen LogP) is 1.23. The number of nitrogens with two attached hydrogens (primary N) is 1. The average Bonchev–Trinajstić information content (AvgIpc) is 2.72. The smallest absolute Gasteiger partial charge is 0.273 e. The highest BCUT2D eigenvalue weighted by Gasteiger charge is 2.21. The number of hydrogen-bond acceptors (Lipinski definition) is 4. The maximum atomic E-state index is 11.5. The van der Waals surface area contributed by atoms with Crippen molar-refractivity contribution in [2.24, 2.45) is 5.14 Å². The summed E-state index contributed by atoms with van der Waals surface area (Å²) in [6, 6.07) is 5.88. The highest BCUT2D eigenvalue weighted by atomic mass is 32.2. The van der Waals surface area contributed by atoms with Gasteiger partial charge >= 0.3 is 0 Å². The quantitative estimate of drug-likeness (QED) is 0.915. The summed E-state index contributed by atoms with van der Waals surface area (Å²) < 4.78 is 24.4. The summed E-state index contributed by atoms with van der Waals surface area (Å²) >= 11 is 0. The molecule has 0 spiro atoms. The van der Waals surface area contributed by atoms with Crippen molar-refractivity contribution in [1.29, 1.82) is 0 Å². The first kappa shape index (κ1) is 13.7. The van der Waals surface area contributed by atoms with E-state index in [1.54, 1.807) is 0 Å². The van der Waals surface area contributed by atoms with Gasteiger partial charge in [-0.25, -0.2) is 13.6 Å².